The number of carbonyl (C=O) groups excluding carboxylic acids is 4. The van der Waals surface area contributed by atoms with E-state index in [1.807, 2.05) is 11.6 Å². The first-order valence-corrected chi connectivity index (χ1v) is 17.5. The summed E-state index contributed by atoms with van der Waals surface area (Å²) in [4.78, 5) is 55.1. The van der Waals surface area contributed by atoms with Crippen LogP contribution in [0.5, 0.6) is 0 Å². The summed E-state index contributed by atoms with van der Waals surface area (Å²) in [7, 11) is -3.16. The van der Waals surface area contributed by atoms with Crippen LogP contribution in [-0.2, 0) is 35.4 Å². The van der Waals surface area contributed by atoms with Crippen LogP contribution in [0, 0.1) is 12.1 Å². The van der Waals surface area contributed by atoms with Gasteiger partial charge in [0.1, 0.15) is 13.2 Å². The Morgan fingerprint density at radius 3 is 2.20 bits per heavy atom. The average Bonchev–Trinajstić information content (AvgIpc) is 3.69. The predicted molar refractivity (Wildman–Crippen MR) is 180 cm³/mol. The molecule has 0 saturated carbocycles. The molecule has 54 heavy (non-hydrogen) atoms. The number of carbonyl (C=O) groups is 4. The Morgan fingerprint density at radius 2 is 1.61 bits per heavy atom. The van der Waals surface area contributed by atoms with Crippen LogP contribution in [0.3, 0.4) is 0 Å². The van der Waals surface area contributed by atoms with Crippen molar-refractivity contribution in [3.63, 3.8) is 0 Å². The first-order valence-electron chi connectivity index (χ1n) is 16.0. The van der Waals surface area contributed by atoms with E-state index in [0.29, 0.717) is 5.56 Å². The fourth-order valence-corrected chi connectivity index (χ4v) is 6.11. The number of nitrogens with zero attached hydrogens (tertiary/aromatic N) is 6. The van der Waals surface area contributed by atoms with E-state index in [0.717, 1.165) is 38.4 Å². The van der Waals surface area contributed by atoms with Gasteiger partial charge in [-0.05, 0) is 56.3 Å². The minimum atomic E-state index is -4.74. The number of hydrazine groups is 1. The molecule has 0 spiro atoms. The second kappa shape index (κ2) is 15.7. The van der Waals surface area contributed by atoms with E-state index in [2.05, 4.69) is 10.4 Å². The number of sulfonamides is 1. The van der Waals surface area contributed by atoms with Gasteiger partial charge in [-0.1, -0.05) is 42.0 Å². The lowest BCUT2D eigenvalue weighted by Crippen LogP contribution is -2.39. The van der Waals surface area contributed by atoms with Crippen molar-refractivity contribution >= 4 is 33.7 Å². The third-order valence-electron chi connectivity index (χ3n) is 7.97. The number of hydrogen-bond acceptors (Lipinski definition) is 11. The molecule has 0 radical (unpaired) electrons. The number of imide groups is 1. The van der Waals surface area contributed by atoms with Gasteiger partial charge in [-0.15, -0.1) is 5.01 Å². The highest BCUT2D eigenvalue weighted by atomic mass is 32.2. The zero-order chi connectivity index (χ0) is 39.4. The fraction of sp³-hybridized carbons (Fsp3) is 0.265. The predicted octanol–water partition coefficient (Wildman–Crippen LogP) is 4.38. The minimum absolute atomic E-state index is 0.00509. The Hall–Kier alpha value is -6.31. The van der Waals surface area contributed by atoms with Crippen molar-refractivity contribution in [2.24, 2.45) is 5.28 Å². The maximum absolute atomic E-state index is 13.5. The van der Waals surface area contributed by atoms with E-state index in [4.69, 9.17) is 9.57 Å². The number of alkyl halides is 3. The van der Waals surface area contributed by atoms with E-state index in [-0.39, 0.29) is 45.5 Å². The Morgan fingerprint density at radius 1 is 1.00 bits per heavy atom. The highest BCUT2D eigenvalue weighted by Crippen LogP contribution is 2.33. The summed E-state index contributed by atoms with van der Waals surface area (Å²) in [5, 5.41) is 20.2. The Labute approximate surface area is 305 Å². The summed E-state index contributed by atoms with van der Waals surface area (Å²) >= 11 is 0. The van der Waals surface area contributed by atoms with E-state index in [1.165, 1.54) is 38.2 Å². The quantitative estimate of drug-likeness (QED) is 0.0628. The first-order chi connectivity index (χ1) is 25.5. The molecule has 1 aromatic heterocycles. The molecule has 20 heteroatoms. The molecule has 4 aromatic rings. The standard InChI is InChI=1S/C34H32F3N7O9S/c1-21-8-10-23(11-9-21)28-20-29(34(35,36)37)38-43(28)24-12-14-25(15-13-24)54(50,51)39-30(45)16-17-31(46)52-19-18-41(3)44(49)40-53-22(2)42-32(47)26-6-4-5-7-27(26)33(42)48/h4-15,20,22H,16-19H2,1-3H3,(H,39,45). The summed E-state index contributed by atoms with van der Waals surface area (Å²) in [6.07, 6.45) is -7.05. The van der Waals surface area contributed by atoms with Crippen LogP contribution < -0.4 is 4.72 Å². The molecular weight excluding hydrogens is 739 g/mol. The summed E-state index contributed by atoms with van der Waals surface area (Å²) < 4.78 is 74.1. The van der Waals surface area contributed by atoms with Crippen molar-refractivity contribution in [3.8, 4) is 16.9 Å². The number of hydrogen-bond donors (Lipinski definition) is 1. The highest BCUT2D eigenvalue weighted by molar-refractivity contribution is 7.90. The number of nitrogens with one attached hydrogen (secondary N) is 1. The second-order valence-electron chi connectivity index (χ2n) is 11.9. The number of esters is 1. The number of likely N-dealkylation sites (N-methyl/N-ethyl adjacent to an activating group) is 1. The number of fused-ring (bicyclic) bond motifs is 1. The molecule has 5 rings (SSSR count). The molecular formula is C34H32F3N7O9S. The molecule has 2 heterocycles. The zero-order valence-electron chi connectivity index (χ0n) is 28.8. The fourth-order valence-electron chi connectivity index (χ4n) is 5.09. The molecule has 0 bridgehead atoms. The van der Waals surface area contributed by atoms with Crippen LogP contribution in [0.4, 0.5) is 13.2 Å². The smallest absolute Gasteiger partial charge is 0.435 e. The van der Waals surface area contributed by atoms with Crippen molar-refractivity contribution in [2.75, 3.05) is 20.2 Å². The third-order valence-corrected chi connectivity index (χ3v) is 9.36. The largest absolute Gasteiger partial charge is 0.569 e. The van der Waals surface area contributed by atoms with Gasteiger partial charge in [0, 0.05) is 12.0 Å². The van der Waals surface area contributed by atoms with Gasteiger partial charge in [0.05, 0.1) is 45.8 Å². The van der Waals surface area contributed by atoms with Crippen LogP contribution in [0.25, 0.3) is 16.9 Å². The molecule has 0 saturated heterocycles. The van der Waals surface area contributed by atoms with Gasteiger partial charge in [-0.3, -0.25) is 19.2 Å². The molecule has 1 aliphatic rings. The van der Waals surface area contributed by atoms with Crippen LogP contribution in [0.2, 0.25) is 0 Å². The highest BCUT2D eigenvalue weighted by Gasteiger charge is 2.40. The number of ether oxygens (including phenoxy) is 1. The molecule has 3 amide bonds. The number of benzene rings is 3. The first kappa shape index (κ1) is 38.9. The zero-order valence-corrected chi connectivity index (χ0v) is 29.6. The molecule has 284 valence electrons. The number of amides is 3. The molecule has 0 fully saturated rings. The topological polar surface area (TPSA) is 196 Å². The van der Waals surface area contributed by atoms with Crippen molar-refractivity contribution in [1.29, 1.82) is 0 Å². The molecule has 3 aromatic carbocycles. The summed E-state index contributed by atoms with van der Waals surface area (Å²) in [6.45, 7) is 2.64. The van der Waals surface area contributed by atoms with Gasteiger partial charge in [0.15, 0.2) is 5.69 Å². The average molecular weight is 772 g/mol. The van der Waals surface area contributed by atoms with E-state index in [9.17, 15) is 46.0 Å². The molecule has 1 unspecified atom stereocenters. The van der Waals surface area contributed by atoms with Gasteiger partial charge < -0.3 is 14.8 Å². The molecule has 0 aliphatic carbocycles. The monoisotopic (exact) mass is 771 g/mol. The van der Waals surface area contributed by atoms with Crippen molar-refractivity contribution < 1.29 is 55.3 Å². The number of rotatable bonds is 14. The maximum atomic E-state index is 13.5. The lowest BCUT2D eigenvalue weighted by atomic mass is 10.1. The number of halogens is 3. The molecule has 1 aliphatic heterocycles. The van der Waals surface area contributed by atoms with Gasteiger partial charge in [-0.2, -0.15) is 18.3 Å². The van der Waals surface area contributed by atoms with Gasteiger partial charge in [0.25, 0.3) is 21.8 Å². The van der Waals surface area contributed by atoms with Gasteiger partial charge in [-0.25, -0.2) is 22.7 Å². The van der Waals surface area contributed by atoms with Crippen LogP contribution in [0.15, 0.2) is 89.0 Å². The minimum Gasteiger partial charge on any atom is -0.569 e. The second-order valence-corrected chi connectivity index (χ2v) is 13.6. The van der Waals surface area contributed by atoms with Crippen molar-refractivity contribution in [1.82, 2.24) is 24.4 Å². The maximum Gasteiger partial charge on any atom is 0.435 e. The number of aromatic nitrogens is 2. The van der Waals surface area contributed by atoms with Gasteiger partial charge in [0.2, 0.25) is 17.4 Å². The summed E-state index contributed by atoms with van der Waals surface area (Å²) in [5.41, 5.74) is 0.811. The molecule has 1 N–H and O–H groups in total. The Kier molecular flexibility index (Phi) is 11.3. The van der Waals surface area contributed by atoms with E-state index in [1.54, 1.807) is 36.4 Å². The van der Waals surface area contributed by atoms with Gasteiger partial charge >= 0.3 is 12.1 Å². The number of aryl methyl sites for hydroxylation is 1. The molecule has 1 atom stereocenters. The summed E-state index contributed by atoms with van der Waals surface area (Å²) in [5.74, 6) is -3.13. The van der Waals surface area contributed by atoms with E-state index >= 15 is 0 Å². The third kappa shape index (κ3) is 8.82. The van der Waals surface area contributed by atoms with Crippen LogP contribution >= 0.6 is 0 Å². The SMILES string of the molecule is Cc1ccc(-c2cc(C(F)(F)F)nn2-c2ccc(S(=O)(=O)NC(=O)CCC(=O)OCCN(C)[N+]([O-])=NOC(C)N3C(=O)c4ccccc4C3=O)cc2)cc1. The lowest BCUT2D eigenvalue weighted by Gasteiger charge is -2.19. The Balaban J connectivity index is 1.08. The lowest BCUT2D eigenvalue weighted by molar-refractivity contribution is -0.707. The van der Waals surface area contributed by atoms with Crippen molar-refractivity contribution in [3.05, 3.63) is 106 Å². The normalized spacial score (nSPS) is 13.7. The van der Waals surface area contributed by atoms with Crippen LogP contribution in [0.1, 0.15) is 51.7 Å². The van der Waals surface area contributed by atoms with Crippen LogP contribution in [-0.4, -0.2) is 83.2 Å². The molecule has 16 nitrogen and oxygen atoms in total. The Bertz CT molecular complexity index is 2170. The summed E-state index contributed by atoms with van der Waals surface area (Å²) in [6, 6.07) is 18.4. The van der Waals surface area contributed by atoms with Crippen molar-refractivity contribution in [2.45, 2.75) is 44.0 Å². The van der Waals surface area contributed by atoms with E-state index < -0.39 is 64.7 Å².